The number of amides is 1. The summed E-state index contributed by atoms with van der Waals surface area (Å²) < 4.78 is 5.15. The van der Waals surface area contributed by atoms with Crippen molar-refractivity contribution in [2.24, 2.45) is 33.7 Å². The van der Waals surface area contributed by atoms with E-state index < -0.39 is 23.5 Å². The van der Waals surface area contributed by atoms with Crippen LogP contribution in [-0.2, 0) is 25.6 Å². The van der Waals surface area contributed by atoms with Gasteiger partial charge in [-0.2, -0.15) is 0 Å². The lowest BCUT2D eigenvalue weighted by molar-refractivity contribution is -0.147. The van der Waals surface area contributed by atoms with Crippen molar-refractivity contribution in [3.05, 3.63) is 41.5 Å². The highest BCUT2D eigenvalue weighted by Gasteiger charge is 2.62. The van der Waals surface area contributed by atoms with E-state index in [9.17, 15) is 19.8 Å². The molecule has 7 atom stereocenters. The molecule has 224 valence electrons. The van der Waals surface area contributed by atoms with Gasteiger partial charge in [-0.15, -0.1) is 0 Å². The molecule has 0 heterocycles. The molecule has 1 aromatic rings. The number of esters is 1. The molecule has 3 unspecified atom stereocenters. The summed E-state index contributed by atoms with van der Waals surface area (Å²) in [5.41, 5.74) is 2.71. The number of nitrogens with one attached hydrogen (secondary N) is 1. The Kier molecular flexibility index (Phi) is 8.25. The zero-order valence-electron chi connectivity index (χ0n) is 24.9. The van der Waals surface area contributed by atoms with Crippen LogP contribution in [0.5, 0.6) is 5.75 Å². The van der Waals surface area contributed by atoms with Gasteiger partial charge in [-0.1, -0.05) is 36.7 Å². The average molecular weight is 567 g/mol. The summed E-state index contributed by atoms with van der Waals surface area (Å²) in [5.74, 6) is 1.07. The number of rotatable bonds is 8. The number of hydrogen-bond acceptors (Lipinski definition) is 7. The normalized spacial score (nSPS) is 35.9. The third kappa shape index (κ3) is 5.64. The summed E-state index contributed by atoms with van der Waals surface area (Å²) in [6.45, 7) is 8.45. The van der Waals surface area contributed by atoms with Crippen LogP contribution in [0, 0.1) is 28.6 Å². The van der Waals surface area contributed by atoms with E-state index in [1.807, 2.05) is 0 Å². The highest BCUT2D eigenvalue weighted by Crippen LogP contribution is 2.67. The Morgan fingerprint density at radius 3 is 2.51 bits per heavy atom. The van der Waals surface area contributed by atoms with Crippen molar-refractivity contribution in [3.63, 3.8) is 0 Å². The van der Waals surface area contributed by atoms with E-state index in [0.29, 0.717) is 17.8 Å². The van der Waals surface area contributed by atoms with Gasteiger partial charge in [0.2, 0.25) is 0 Å². The van der Waals surface area contributed by atoms with E-state index in [4.69, 9.17) is 9.57 Å². The number of aliphatic hydroxyl groups is 1. The minimum atomic E-state index is -0.864. The number of phenolic OH excluding ortho intramolecular Hbond substituents is 1. The molecule has 0 spiro atoms. The molecule has 0 bridgehead atoms. The summed E-state index contributed by atoms with van der Waals surface area (Å²) in [5, 5.41) is 27.7. The van der Waals surface area contributed by atoms with Gasteiger partial charge in [0.15, 0.2) is 6.61 Å². The molecule has 0 radical (unpaired) electrons. The van der Waals surface area contributed by atoms with Crippen LogP contribution in [0.15, 0.2) is 41.1 Å². The second-order valence-electron chi connectivity index (χ2n) is 13.4. The van der Waals surface area contributed by atoms with Crippen LogP contribution in [0.1, 0.15) is 84.6 Å². The Hall–Kier alpha value is -2.87. The highest BCUT2D eigenvalue weighted by molar-refractivity contribution is 5.96. The lowest BCUT2D eigenvalue weighted by atomic mass is 9.46. The fourth-order valence-electron chi connectivity index (χ4n) is 8.60. The predicted molar refractivity (Wildman–Crippen MR) is 156 cm³/mol. The second-order valence-corrected chi connectivity index (χ2v) is 13.4. The maximum absolute atomic E-state index is 12.7. The molecule has 8 nitrogen and oxygen atoms in total. The number of aromatic hydroxyl groups is 1. The molecule has 1 aromatic carbocycles. The number of allylic oxidation sites excluding steroid dienone is 2. The Morgan fingerprint density at radius 1 is 1.05 bits per heavy atom. The van der Waals surface area contributed by atoms with E-state index in [1.165, 1.54) is 5.57 Å². The van der Waals surface area contributed by atoms with Crippen molar-refractivity contribution in [2.75, 3.05) is 13.2 Å². The number of ether oxygens (including phenoxy) is 1. The summed E-state index contributed by atoms with van der Waals surface area (Å²) >= 11 is 0. The van der Waals surface area contributed by atoms with Gasteiger partial charge in [0.1, 0.15) is 11.8 Å². The molecule has 0 aliphatic heterocycles. The Labute approximate surface area is 243 Å². The zero-order valence-corrected chi connectivity index (χ0v) is 24.9. The topological polar surface area (TPSA) is 117 Å². The van der Waals surface area contributed by atoms with Gasteiger partial charge >= 0.3 is 5.97 Å². The number of carbonyl (C=O) groups excluding carboxylic acids is 2. The third-order valence-corrected chi connectivity index (χ3v) is 11.2. The fraction of sp³-hybridized carbons (Fsp3) is 0.667. The average Bonchev–Trinajstić information content (AvgIpc) is 3.18. The number of hydrogen-bond donors (Lipinski definition) is 3. The maximum atomic E-state index is 12.7. The van der Waals surface area contributed by atoms with Crippen LogP contribution in [0.2, 0.25) is 0 Å². The molecule has 4 aliphatic rings. The van der Waals surface area contributed by atoms with Gasteiger partial charge in [-0.05, 0) is 118 Å². The summed E-state index contributed by atoms with van der Waals surface area (Å²) in [4.78, 5) is 30.6. The van der Waals surface area contributed by atoms with E-state index in [2.05, 4.69) is 37.3 Å². The third-order valence-electron chi connectivity index (χ3n) is 11.2. The standard InChI is InChI=1S/C33H46N2O6/c1-5-40-30(38)28(18-21-6-9-24(36)10-7-21)34-29(37)20-41-35-23-12-15-31(2)22(19-23)8-11-25-26(31)13-16-32(3)27(25)14-17-33(32,4)39/h6-7,9-10,19,25-28,36,39H,5,8,11-18,20H2,1-4H3,(H,34,37)/b35-23+/t25-,26?,27?,28?,31+,32+,33+/m1/s1. The van der Waals surface area contributed by atoms with Gasteiger partial charge in [0.25, 0.3) is 5.91 Å². The van der Waals surface area contributed by atoms with Gasteiger partial charge in [-0.3, -0.25) is 4.79 Å². The molecule has 41 heavy (non-hydrogen) atoms. The largest absolute Gasteiger partial charge is 0.508 e. The van der Waals surface area contributed by atoms with Gasteiger partial charge in [0, 0.05) is 6.42 Å². The molecule has 3 fully saturated rings. The molecular weight excluding hydrogens is 520 g/mol. The SMILES string of the molecule is CCOC(=O)C(Cc1ccc(O)cc1)NC(=O)CO/N=C1/C=C2CC[C@@H]3C(CC[C@@]4(C)C3CC[C@]4(C)O)[C@@]2(C)CC1. The van der Waals surface area contributed by atoms with Crippen molar-refractivity contribution >= 4 is 17.6 Å². The molecule has 3 N–H and O–H groups in total. The Balaban J connectivity index is 1.19. The highest BCUT2D eigenvalue weighted by atomic mass is 16.6. The number of carbonyl (C=O) groups is 2. The summed E-state index contributed by atoms with van der Waals surface area (Å²) in [7, 11) is 0. The minimum absolute atomic E-state index is 0.0256. The summed E-state index contributed by atoms with van der Waals surface area (Å²) in [6.07, 6.45) is 10.8. The number of phenols is 1. The summed E-state index contributed by atoms with van der Waals surface area (Å²) in [6, 6.07) is 5.63. The second kappa shape index (κ2) is 11.4. The van der Waals surface area contributed by atoms with Crippen molar-refractivity contribution < 1.29 is 29.4 Å². The first-order valence-corrected chi connectivity index (χ1v) is 15.3. The van der Waals surface area contributed by atoms with Crippen LogP contribution in [-0.4, -0.2) is 52.7 Å². The Morgan fingerprint density at radius 2 is 1.78 bits per heavy atom. The van der Waals surface area contributed by atoms with Gasteiger partial charge < -0.3 is 25.1 Å². The molecule has 8 heteroatoms. The van der Waals surface area contributed by atoms with Crippen molar-refractivity contribution in [1.29, 1.82) is 0 Å². The molecule has 0 saturated heterocycles. The minimum Gasteiger partial charge on any atom is -0.508 e. The molecule has 0 aromatic heterocycles. The first kappa shape index (κ1) is 29.6. The molecule has 4 aliphatic carbocycles. The lowest BCUT2D eigenvalue weighted by Crippen LogP contribution is -2.53. The smallest absolute Gasteiger partial charge is 0.328 e. The predicted octanol–water partition coefficient (Wildman–Crippen LogP) is 5.07. The first-order chi connectivity index (χ1) is 19.5. The lowest BCUT2D eigenvalue weighted by Gasteiger charge is -2.59. The van der Waals surface area contributed by atoms with Crippen molar-refractivity contribution in [1.82, 2.24) is 5.32 Å². The number of benzene rings is 1. The quantitative estimate of drug-likeness (QED) is 0.299. The molecule has 5 rings (SSSR count). The van der Waals surface area contributed by atoms with Crippen LogP contribution in [0.3, 0.4) is 0 Å². The molecule has 1 amide bonds. The molecular formula is C33H46N2O6. The van der Waals surface area contributed by atoms with E-state index in [1.54, 1.807) is 31.2 Å². The van der Waals surface area contributed by atoms with E-state index in [-0.39, 0.29) is 36.2 Å². The number of oxime groups is 1. The Bertz CT molecular complexity index is 1210. The van der Waals surface area contributed by atoms with E-state index >= 15 is 0 Å². The number of nitrogens with zero attached hydrogens (tertiary/aromatic N) is 1. The van der Waals surface area contributed by atoms with Crippen LogP contribution in [0.4, 0.5) is 0 Å². The fourth-order valence-corrected chi connectivity index (χ4v) is 8.60. The van der Waals surface area contributed by atoms with Crippen LogP contribution in [0.25, 0.3) is 0 Å². The van der Waals surface area contributed by atoms with E-state index in [0.717, 1.165) is 62.6 Å². The van der Waals surface area contributed by atoms with Crippen LogP contribution < -0.4 is 5.32 Å². The first-order valence-electron chi connectivity index (χ1n) is 15.3. The maximum Gasteiger partial charge on any atom is 0.328 e. The zero-order chi connectivity index (χ0) is 29.4. The van der Waals surface area contributed by atoms with Crippen molar-refractivity contribution in [2.45, 2.75) is 97.1 Å². The number of fused-ring (bicyclic) bond motifs is 5. The van der Waals surface area contributed by atoms with Crippen LogP contribution >= 0.6 is 0 Å². The van der Waals surface area contributed by atoms with Gasteiger partial charge in [-0.25, -0.2) is 4.79 Å². The molecule has 3 saturated carbocycles. The van der Waals surface area contributed by atoms with Gasteiger partial charge in [0.05, 0.1) is 17.9 Å². The monoisotopic (exact) mass is 566 g/mol. The van der Waals surface area contributed by atoms with Crippen molar-refractivity contribution in [3.8, 4) is 5.75 Å².